The van der Waals surface area contributed by atoms with E-state index in [1.807, 2.05) is 16.1 Å². The summed E-state index contributed by atoms with van der Waals surface area (Å²) in [6.07, 6.45) is 3.97. The molecule has 2 heterocycles. The van der Waals surface area contributed by atoms with Crippen LogP contribution in [0.3, 0.4) is 0 Å². The van der Waals surface area contributed by atoms with E-state index in [1.165, 1.54) is 0 Å². The Kier molecular flexibility index (Phi) is 6.48. The lowest BCUT2D eigenvalue weighted by Crippen LogP contribution is -2.15. The molecule has 0 radical (unpaired) electrons. The van der Waals surface area contributed by atoms with Crippen molar-refractivity contribution in [2.45, 2.75) is 51.0 Å². The summed E-state index contributed by atoms with van der Waals surface area (Å²) in [5.41, 5.74) is 4.09. The topological polar surface area (TPSA) is 63.6 Å². The van der Waals surface area contributed by atoms with Crippen molar-refractivity contribution < 1.29 is 19.4 Å². The number of carbonyl (C=O) groups excluding carboxylic acids is 1. The van der Waals surface area contributed by atoms with E-state index in [0.717, 1.165) is 41.5 Å². The van der Waals surface area contributed by atoms with Crippen LogP contribution in [-0.2, 0) is 20.7 Å². The van der Waals surface area contributed by atoms with Crippen LogP contribution in [0.1, 0.15) is 66.9 Å². The van der Waals surface area contributed by atoms with Crippen molar-refractivity contribution in [2.75, 3.05) is 0 Å². The molecule has 0 bridgehead atoms. The third kappa shape index (κ3) is 4.96. The van der Waals surface area contributed by atoms with E-state index in [1.54, 1.807) is 22.7 Å². The van der Waals surface area contributed by atoms with Crippen LogP contribution in [0.5, 0.6) is 0 Å². The van der Waals surface area contributed by atoms with Crippen LogP contribution in [0.4, 0.5) is 0 Å². The summed E-state index contributed by atoms with van der Waals surface area (Å²) < 4.78 is 5.79. The molecule has 2 aromatic heterocycles. The number of carboxylic acids is 1. The molecule has 6 heteroatoms. The second-order valence-electron chi connectivity index (χ2n) is 6.29. The Labute approximate surface area is 160 Å². The highest BCUT2D eigenvalue weighted by Gasteiger charge is 2.23. The first kappa shape index (κ1) is 18.7. The number of hydrogen-bond acceptors (Lipinski definition) is 5. The van der Waals surface area contributed by atoms with Crippen molar-refractivity contribution in [1.29, 1.82) is 0 Å². The average molecular weight is 389 g/mol. The van der Waals surface area contributed by atoms with Crippen LogP contribution in [0.2, 0.25) is 0 Å². The number of carboxylic acid groups (broad SMARTS) is 1. The van der Waals surface area contributed by atoms with E-state index in [-0.39, 0.29) is 18.5 Å². The van der Waals surface area contributed by atoms with Crippen LogP contribution < -0.4 is 0 Å². The van der Waals surface area contributed by atoms with Crippen molar-refractivity contribution in [2.24, 2.45) is 0 Å². The lowest BCUT2D eigenvalue weighted by Gasteiger charge is -2.19. The number of carbonyl (C=O) groups is 2. The summed E-state index contributed by atoms with van der Waals surface area (Å²) in [5, 5.41) is 16.8. The fourth-order valence-corrected chi connectivity index (χ4v) is 4.54. The molecular weight excluding hydrogens is 368 g/mol. The molecule has 0 saturated carbocycles. The van der Waals surface area contributed by atoms with E-state index in [2.05, 4.69) is 17.2 Å². The van der Waals surface area contributed by atoms with Crippen LogP contribution in [0.25, 0.3) is 0 Å². The fourth-order valence-electron chi connectivity index (χ4n) is 2.92. The number of hydrogen-bond donors (Lipinski definition) is 1. The monoisotopic (exact) mass is 388 g/mol. The van der Waals surface area contributed by atoms with Crippen LogP contribution in [-0.4, -0.2) is 17.0 Å². The molecule has 0 aliphatic heterocycles. The second kappa shape index (κ2) is 9.02. The predicted octanol–water partition coefficient (Wildman–Crippen LogP) is 4.78. The smallest absolute Gasteiger partial charge is 0.306 e. The van der Waals surface area contributed by atoms with E-state index < -0.39 is 5.97 Å². The van der Waals surface area contributed by atoms with Gasteiger partial charge in [-0.3, -0.25) is 9.59 Å². The molecule has 1 N–H and O–H groups in total. The van der Waals surface area contributed by atoms with E-state index >= 15 is 0 Å². The number of rotatable bonds is 8. The standard InChI is InChI=1S/C20H20O4S2/c21-19(22)5-3-1-2-4-6-20(23)24-18-9-16-12-25-10-14(16)7-8-15-11-26-13-17(15)18/h10-13,18H,1-6,9H2,(H,21,22). The zero-order chi connectivity index (χ0) is 18.4. The van der Waals surface area contributed by atoms with E-state index in [4.69, 9.17) is 9.84 Å². The Balaban J connectivity index is 1.55. The highest BCUT2D eigenvalue weighted by atomic mass is 32.1. The first-order valence-corrected chi connectivity index (χ1v) is 10.6. The maximum atomic E-state index is 12.3. The van der Waals surface area contributed by atoms with E-state index in [0.29, 0.717) is 19.3 Å². The lowest BCUT2D eigenvalue weighted by molar-refractivity contribution is -0.149. The van der Waals surface area contributed by atoms with Crippen molar-refractivity contribution in [1.82, 2.24) is 0 Å². The van der Waals surface area contributed by atoms with Crippen molar-refractivity contribution >= 4 is 34.6 Å². The maximum Gasteiger partial charge on any atom is 0.306 e. The Morgan fingerprint density at radius 3 is 2.50 bits per heavy atom. The Morgan fingerprint density at radius 2 is 1.69 bits per heavy atom. The van der Waals surface area contributed by atoms with Crippen LogP contribution in [0, 0.1) is 11.8 Å². The van der Waals surface area contributed by atoms with Crippen LogP contribution in [0.15, 0.2) is 21.5 Å². The first-order chi connectivity index (χ1) is 12.6. The molecule has 0 saturated heterocycles. The van der Waals surface area contributed by atoms with Gasteiger partial charge in [-0.05, 0) is 29.2 Å². The van der Waals surface area contributed by atoms with Gasteiger partial charge in [0.05, 0.1) is 0 Å². The summed E-state index contributed by atoms with van der Waals surface area (Å²) in [7, 11) is 0. The molecule has 26 heavy (non-hydrogen) atoms. The lowest BCUT2D eigenvalue weighted by atomic mass is 9.97. The number of ether oxygens (including phenoxy) is 1. The molecule has 0 spiro atoms. The summed E-state index contributed by atoms with van der Waals surface area (Å²) in [5.74, 6) is 5.44. The average Bonchev–Trinajstić information content (AvgIpc) is 3.22. The molecule has 1 aliphatic carbocycles. The molecule has 1 aliphatic rings. The fraction of sp³-hybridized carbons (Fsp3) is 0.400. The van der Waals surface area contributed by atoms with Gasteiger partial charge in [-0.2, -0.15) is 22.7 Å². The predicted molar refractivity (Wildman–Crippen MR) is 102 cm³/mol. The zero-order valence-corrected chi connectivity index (χ0v) is 16.0. The molecule has 0 aromatic carbocycles. The van der Waals surface area contributed by atoms with Crippen LogP contribution >= 0.6 is 22.7 Å². The Hall–Kier alpha value is -2.10. The third-order valence-corrected chi connectivity index (χ3v) is 5.87. The molecule has 2 aromatic rings. The van der Waals surface area contributed by atoms with Gasteiger partial charge in [-0.25, -0.2) is 0 Å². The summed E-state index contributed by atoms with van der Waals surface area (Å²) in [6.45, 7) is 0. The first-order valence-electron chi connectivity index (χ1n) is 8.68. The van der Waals surface area contributed by atoms with Crippen molar-refractivity contribution in [3.63, 3.8) is 0 Å². The number of unbranched alkanes of at least 4 members (excludes halogenated alkanes) is 3. The molecule has 1 atom stereocenters. The third-order valence-electron chi connectivity index (χ3n) is 4.31. The van der Waals surface area contributed by atoms with Crippen molar-refractivity contribution in [3.05, 3.63) is 43.8 Å². The minimum absolute atomic E-state index is 0.192. The minimum atomic E-state index is -0.767. The van der Waals surface area contributed by atoms with E-state index in [9.17, 15) is 9.59 Å². The number of fused-ring (bicyclic) bond motifs is 2. The highest BCUT2D eigenvalue weighted by molar-refractivity contribution is 7.08. The largest absolute Gasteiger partial charge is 0.481 e. The van der Waals surface area contributed by atoms with Crippen molar-refractivity contribution in [3.8, 4) is 11.8 Å². The van der Waals surface area contributed by atoms with Gasteiger partial charge < -0.3 is 9.84 Å². The molecule has 0 fully saturated rings. The Morgan fingerprint density at radius 1 is 1.00 bits per heavy atom. The van der Waals surface area contributed by atoms with Gasteiger partial charge in [-0.1, -0.05) is 24.7 Å². The summed E-state index contributed by atoms with van der Waals surface area (Å²) in [6, 6.07) is 0. The number of aliphatic carboxylic acids is 1. The molecule has 0 amide bonds. The number of thiophene rings is 2. The van der Waals surface area contributed by atoms with Gasteiger partial charge in [-0.15, -0.1) is 0 Å². The highest BCUT2D eigenvalue weighted by Crippen LogP contribution is 2.32. The molecular formula is C20H20O4S2. The normalized spacial score (nSPS) is 15.0. The number of esters is 1. The summed E-state index contributed by atoms with van der Waals surface area (Å²) >= 11 is 3.19. The molecule has 1 unspecified atom stereocenters. The van der Waals surface area contributed by atoms with Gasteiger partial charge in [0.15, 0.2) is 0 Å². The molecule has 4 nitrogen and oxygen atoms in total. The quantitative estimate of drug-likeness (QED) is 0.402. The minimum Gasteiger partial charge on any atom is -0.481 e. The summed E-state index contributed by atoms with van der Waals surface area (Å²) in [4.78, 5) is 22.8. The molecule has 136 valence electrons. The van der Waals surface area contributed by atoms with Gasteiger partial charge >= 0.3 is 11.9 Å². The SMILES string of the molecule is O=C(O)CCCCCCC(=O)OC1Cc2cscc2C#Cc2cscc21. The maximum absolute atomic E-state index is 12.3. The zero-order valence-electron chi connectivity index (χ0n) is 14.3. The van der Waals surface area contributed by atoms with Gasteiger partial charge in [0.25, 0.3) is 0 Å². The van der Waals surface area contributed by atoms with Gasteiger partial charge in [0.2, 0.25) is 0 Å². The second-order valence-corrected chi connectivity index (χ2v) is 7.78. The van der Waals surface area contributed by atoms with Gasteiger partial charge in [0.1, 0.15) is 6.10 Å². The van der Waals surface area contributed by atoms with Gasteiger partial charge in [0, 0.05) is 46.7 Å². The Bertz CT molecular complexity index is 837. The molecule has 3 rings (SSSR count).